The summed E-state index contributed by atoms with van der Waals surface area (Å²) in [7, 11) is 0. The van der Waals surface area contributed by atoms with E-state index in [2.05, 4.69) is 69.4 Å². The van der Waals surface area contributed by atoms with Crippen molar-refractivity contribution in [2.45, 2.75) is 34.2 Å². The zero-order chi connectivity index (χ0) is 13.8. The van der Waals surface area contributed by atoms with E-state index >= 15 is 0 Å². The average Bonchev–Trinajstić information content (AvgIpc) is 2.41. The molecule has 0 radical (unpaired) electrons. The molecule has 2 rings (SSSR count). The van der Waals surface area contributed by atoms with Gasteiger partial charge in [0.15, 0.2) is 0 Å². The molecule has 0 aliphatic heterocycles. The first-order chi connectivity index (χ1) is 9.11. The first-order valence-electron chi connectivity index (χ1n) is 6.99. The third kappa shape index (κ3) is 3.24. The molecule has 1 heteroatoms. The Morgan fingerprint density at radius 2 is 1.47 bits per heavy atom. The van der Waals surface area contributed by atoms with E-state index in [1.54, 1.807) is 0 Å². The van der Waals surface area contributed by atoms with Crippen LogP contribution in [0.1, 0.15) is 29.2 Å². The summed E-state index contributed by atoms with van der Waals surface area (Å²) < 4.78 is 0. The molecular weight excluding hydrogens is 230 g/mol. The lowest BCUT2D eigenvalue weighted by Crippen LogP contribution is -2.11. The lowest BCUT2D eigenvalue weighted by atomic mass is 9.93. The fourth-order valence-corrected chi connectivity index (χ4v) is 2.36. The van der Waals surface area contributed by atoms with Crippen LogP contribution in [-0.2, 0) is 6.54 Å². The zero-order valence-corrected chi connectivity index (χ0v) is 12.4. The standard InChI is InChI=1S/C18H23N/c1-5-19-12-16-9-8-15(4)18(11-16)17-10-13(2)6-7-14(17)3/h6-11,19H,5,12H2,1-4H3. The molecule has 0 unspecified atom stereocenters. The van der Waals surface area contributed by atoms with Crippen molar-refractivity contribution < 1.29 is 0 Å². The van der Waals surface area contributed by atoms with Gasteiger partial charge in [-0.2, -0.15) is 0 Å². The molecule has 100 valence electrons. The van der Waals surface area contributed by atoms with Crippen molar-refractivity contribution in [3.63, 3.8) is 0 Å². The highest BCUT2D eigenvalue weighted by atomic mass is 14.8. The van der Waals surface area contributed by atoms with E-state index in [9.17, 15) is 0 Å². The zero-order valence-electron chi connectivity index (χ0n) is 12.4. The van der Waals surface area contributed by atoms with Crippen LogP contribution in [0.4, 0.5) is 0 Å². The molecule has 0 spiro atoms. The molecule has 1 N–H and O–H groups in total. The van der Waals surface area contributed by atoms with Crippen LogP contribution in [0, 0.1) is 20.8 Å². The lowest BCUT2D eigenvalue weighted by molar-refractivity contribution is 0.727. The minimum atomic E-state index is 0.939. The van der Waals surface area contributed by atoms with Crippen molar-refractivity contribution in [1.29, 1.82) is 0 Å². The van der Waals surface area contributed by atoms with Crippen LogP contribution in [0.25, 0.3) is 11.1 Å². The van der Waals surface area contributed by atoms with Crippen LogP contribution in [0.5, 0.6) is 0 Å². The van der Waals surface area contributed by atoms with Crippen molar-refractivity contribution in [3.05, 3.63) is 58.7 Å². The Hall–Kier alpha value is -1.60. The Kier molecular flexibility index (Phi) is 4.39. The molecule has 0 bridgehead atoms. The Bertz CT molecular complexity index is 570. The summed E-state index contributed by atoms with van der Waals surface area (Å²) in [6.45, 7) is 10.6. The summed E-state index contributed by atoms with van der Waals surface area (Å²) in [6.07, 6.45) is 0. The smallest absolute Gasteiger partial charge is 0.0205 e. The largest absolute Gasteiger partial charge is 0.313 e. The first-order valence-corrected chi connectivity index (χ1v) is 6.99. The van der Waals surface area contributed by atoms with E-state index in [4.69, 9.17) is 0 Å². The molecule has 19 heavy (non-hydrogen) atoms. The monoisotopic (exact) mass is 253 g/mol. The summed E-state index contributed by atoms with van der Waals surface area (Å²) in [6, 6.07) is 13.4. The summed E-state index contributed by atoms with van der Waals surface area (Å²) >= 11 is 0. The van der Waals surface area contributed by atoms with Gasteiger partial charge in [-0.1, -0.05) is 42.8 Å². The van der Waals surface area contributed by atoms with E-state index in [0.717, 1.165) is 13.1 Å². The fourth-order valence-electron chi connectivity index (χ4n) is 2.36. The molecule has 2 aromatic rings. The van der Waals surface area contributed by atoms with Crippen LogP contribution in [0.2, 0.25) is 0 Å². The maximum atomic E-state index is 3.39. The van der Waals surface area contributed by atoms with Gasteiger partial charge in [0.1, 0.15) is 0 Å². The number of rotatable bonds is 4. The number of hydrogen-bond acceptors (Lipinski definition) is 1. The molecule has 0 amide bonds. The fraction of sp³-hybridized carbons (Fsp3) is 0.333. The summed E-state index contributed by atoms with van der Waals surface area (Å²) in [5, 5.41) is 3.39. The van der Waals surface area contributed by atoms with Crippen molar-refractivity contribution in [2.24, 2.45) is 0 Å². The molecule has 0 fully saturated rings. The summed E-state index contributed by atoms with van der Waals surface area (Å²) in [4.78, 5) is 0. The van der Waals surface area contributed by atoms with Crippen molar-refractivity contribution >= 4 is 0 Å². The predicted octanol–water partition coefficient (Wildman–Crippen LogP) is 4.39. The van der Waals surface area contributed by atoms with E-state index < -0.39 is 0 Å². The van der Waals surface area contributed by atoms with E-state index in [0.29, 0.717) is 0 Å². The molecular formula is C18H23N. The first kappa shape index (κ1) is 13.8. The van der Waals surface area contributed by atoms with Gasteiger partial charge in [0.25, 0.3) is 0 Å². The van der Waals surface area contributed by atoms with E-state index in [1.165, 1.54) is 33.4 Å². The molecule has 0 aliphatic rings. The maximum Gasteiger partial charge on any atom is 0.0205 e. The minimum absolute atomic E-state index is 0.939. The third-order valence-corrected chi connectivity index (χ3v) is 3.56. The molecule has 0 heterocycles. The van der Waals surface area contributed by atoms with E-state index in [1.807, 2.05) is 0 Å². The minimum Gasteiger partial charge on any atom is -0.313 e. The highest BCUT2D eigenvalue weighted by Gasteiger charge is 2.06. The van der Waals surface area contributed by atoms with Gasteiger partial charge < -0.3 is 5.32 Å². The Balaban J connectivity index is 2.45. The second-order valence-electron chi connectivity index (χ2n) is 5.25. The van der Waals surface area contributed by atoms with Gasteiger partial charge in [0, 0.05) is 6.54 Å². The summed E-state index contributed by atoms with van der Waals surface area (Å²) in [5.74, 6) is 0. The van der Waals surface area contributed by atoms with Gasteiger partial charge in [-0.3, -0.25) is 0 Å². The van der Waals surface area contributed by atoms with Crippen LogP contribution in [0.3, 0.4) is 0 Å². The van der Waals surface area contributed by atoms with Crippen LogP contribution >= 0.6 is 0 Å². The normalized spacial score (nSPS) is 10.7. The Labute approximate surface area is 116 Å². The van der Waals surface area contributed by atoms with Crippen molar-refractivity contribution in [3.8, 4) is 11.1 Å². The highest BCUT2D eigenvalue weighted by molar-refractivity contribution is 5.71. The average molecular weight is 253 g/mol. The maximum absolute atomic E-state index is 3.39. The molecule has 0 saturated heterocycles. The highest BCUT2D eigenvalue weighted by Crippen LogP contribution is 2.28. The van der Waals surface area contributed by atoms with Gasteiger partial charge in [0.05, 0.1) is 0 Å². The van der Waals surface area contributed by atoms with Crippen molar-refractivity contribution in [1.82, 2.24) is 5.32 Å². The molecule has 1 nitrogen and oxygen atoms in total. The van der Waals surface area contributed by atoms with Gasteiger partial charge in [0.2, 0.25) is 0 Å². The molecule has 0 saturated carbocycles. The van der Waals surface area contributed by atoms with Gasteiger partial charge >= 0.3 is 0 Å². The number of nitrogens with one attached hydrogen (secondary N) is 1. The van der Waals surface area contributed by atoms with Gasteiger partial charge in [-0.05, 0) is 61.2 Å². The number of hydrogen-bond donors (Lipinski definition) is 1. The molecule has 0 aliphatic carbocycles. The van der Waals surface area contributed by atoms with Crippen molar-refractivity contribution in [2.75, 3.05) is 6.54 Å². The van der Waals surface area contributed by atoms with Crippen LogP contribution < -0.4 is 5.32 Å². The topological polar surface area (TPSA) is 12.0 Å². The second-order valence-corrected chi connectivity index (χ2v) is 5.25. The molecule has 0 atom stereocenters. The number of benzene rings is 2. The van der Waals surface area contributed by atoms with Gasteiger partial charge in [-0.25, -0.2) is 0 Å². The molecule has 2 aromatic carbocycles. The lowest BCUT2D eigenvalue weighted by Gasteiger charge is -2.13. The quantitative estimate of drug-likeness (QED) is 0.852. The van der Waals surface area contributed by atoms with Crippen LogP contribution in [-0.4, -0.2) is 6.54 Å². The Morgan fingerprint density at radius 1 is 0.842 bits per heavy atom. The summed E-state index contributed by atoms with van der Waals surface area (Å²) in [5.41, 5.74) is 8.07. The van der Waals surface area contributed by atoms with Crippen LogP contribution in [0.15, 0.2) is 36.4 Å². The van der Waals surface area contributed by atoms with Gasteiger partial charge in [-0.15, -0.1) is 0 Å². The Morgan fingerprint density at radius 3 is 2.16 bits per heavy atom. The SMILES string of the molecule is CCNCc1ccc(C)c(-c2cc(C)ccc2C)c1. The second kappa shape index (κ2) is 6.03. The predicted molar refractivity (Wildman–Crippen MR) is 83.5 cm³/mol. The third-order valence-electron chi connectivity index (χ3n) is 3.56. The molecule has 0 aromatic heterocycles. The number of aryl methyl sites for hydroxylation is 3. The van der Waals surface area contributed by atoms with E-state index in [-0.39, 0.29) is 0 Å².